The first-order valence-corrected chi connectivity index (χ1v) is 9.46. The molecule has 0 unspecified atom stereocenters. The first-order valence-electron chi connectivity index (χ1n) is 8.58. The molecule has 2 aromatic carbocycles. The van der Waals surface area contributed by atoms with E-state index in [-0.39, 0.29) is 11.3 Å². The number of alkyl halides is 3. The Morgan fingerprint density at radius 2 is 1.90 bits per heavy atom. The molecule has 0 amide bonds. The van der Waals surface area contributed by atoms with E-state index in [1.54, 1.807) is 24.6 Å². The number of aromatic nitrogens is 1. The summed E-state index contributed by atoms with van der Waals surface area (Å²) in [5.41, 5.74) is 1.05. The van der Waals surface area contributed by atoms with Gasteiger partial charge in [-0.3, -0.25) is 0 Å². The lowest BCUT2D eigenvalue weighted by molar-refractivity contribution is -0.137. The minimum Gasteiger partial charge on any atom is -0.493 e. The fourth-order valence-corrected chi connectivity index (χ4v) is 3.40. The minimum absolute atomic E-state index is 0.198. The molecule has 5 nitrogen and oxygen atoms in total. The number of allylic oxidation sites excluding steroid dienone is 1. The fourth-order valence-electron chi connectivity index (χ4n) is 2.61. The van der Waals surface area contributed by atoms with Gasteiger partial charge in [-0.2, -0.15) is 18.4 Å². The second-order valence-electron chi connectivity index (χ2n) is 6.00. The molecule has 9 heteroatoms. The molecular formula is C21H16F3N3O2S. The van der Waals surface area contributed by atoms with Crippen molar-refractivity contribution in [2.24, 2.45) is 0 Å². The molecule has 0 saturated heterocycles. The van der Waals surface area contributed by atoms with Crippen molar-refractivity contribution in [2.75, 3.05) is 19.5 Å². The zero-order valence-corrected chi connectivity index (χ0v) is 16.8. The third kappa shape index (κ3) is 4.72. The van der Waals surface area contributed by atoms with Crippen molar-refractivity contribution in [2.45, 2.75) is 6.18 Å². The summed E-state index contributed by atoms with van der Waals surface area (Å²) in [5, 5.41) is 14.4. The van der Waals surface area contributed by atoms with Crippen LogP contribution in [0.3, 0.4) is 0 Å². The summed E-state index contributed by atoms with van der Waals surface area (Å²) in [6.45, 7) is 0. The van der Waals surface area contributed by atoms with Gasteiger partial charge in [0.15, 0.2) is 11.5 Å². The van der Waals surface area contributed by atoms with E-state index in [4.69, 9.17) is 9.47 Å². The maximum atomic E-state index is 12.8. The highest BCUT2D eigenvalue weighted by atomic mass is 32.1. The van der Waals surface area contributed by atoms with Crippen LogP contribution in [0.2, 0.25) is 0 Å². The van der Waals surface area contributed by atoms with Crippen LogP contribution in [0.4, 0.5) is 18.9 Å². The number of hydrogen-bond donors (Lipinski definition) is 1. The molecule has 1 aromatic heterocycles. The number of nitrogens with one attached hydrogen (secondary N) is 1. The number of methoxy groups -OCH3 is 2. The van der Waals surface area contributed by atoms with Gasteiger partial charge in [-0.05, 0) is 36.4 Å². The predicted octanol–water partition coefficient (Wildman–Crippen LogP) is 5.82. The Kier molecular flexibility index (Phi) is 6.28. The van der Waals surface area contributed by atoms with Crippen LogP contribution in [0, 0.1) is 11.3 Å². The second-order valence-corrected chi connectivity index (χ2v) is 6.86. The topological polar surface area (TPSA) is 67.2 Å². The van der Waals surface area contributed by atoms with Gasteiger partial charge in [0.2, 0.25) is 0 Å². The van der Waals surface area contributed by atoms with Crippen LogP contribution in [-0.4, -0.2) is 19.2 Å². The summed E-state index contributed by atoms with van der Waals surface area (Å²) in [6, 6.07) is 12.1. The van der Waals surface area contributed by atoms with Crippen LogP contribution in [0.15, 0.2) is 54.0 Å². The van der Waals surface area contributed by atoms with Crippen molar-refractivity contribution in [1.82, 2.24) is 4.98 Å². The van der Waals surface area contributed by atoms with Gasteiger partial charge in [-0.1, -0.05) is 6.07 Å². The standard InChI is InChI=1S/C21H16F3N3O2S/c1-28-18-7-6-13(8-19(18)29-2)17-12-30-20(27-17)14(10-25)11-26-16-5-3-4-15(9-16)21(22,23)24/h3-9,11-12,26H,1-2H3/b14-11-. The average molecular weight is 431 g/mol. The van der Waals surface area contributed by atoms with E-state index in [0.29, 0.717) is 22.2 Å². The Hall–Kier alpha value is -3.51. The van der Waals surface area contributed by atoms with E-state index < -0.39 is 11.7 Å². The Labute approximate surface area is 175 Å². The lowest BCUT2D eigenvalue weighted by Crippen LogP contribution is -2.05. The predicted molar refractivity (Wildman–Crippen MR) is 109 cm³/mol. The number of halogens is 3. The van der Waals surface area contributed by atoms with Gasteiger partial charge in [-0.25, -0.2) is 4.98 Å². The summed E-state index contributed by atoms with van der Waals surface area (Å²) in [4.78, 5) is 4.46. The SMILES string of the molecule is COc1ccc(-c2csc(/C(C#N)=C\Nc3cccc(C(F)(F)F)c3)n2)cc1OC. The summed E-state index contributed by atoms with van der Waals surface area (Å²) < 4.78 is 49.0. The Morgan fingerprint density at radius 3 is 2.57 bits per heavy atom. The maximum Gasteiger partial charge on any atom is 0.416 e. The van der Waals surface area contributed by atoms with E-state index >= 15 is 0 Å². The molecule has 0 aliphatic carbocycles. The third-order valence-electron chi connectivity index (χ3n) is 4.11. The lowest BCUT2D eigenvalue weighted by Gasteiger charge is -2.08. The smallest absolute Gasteiger partial charge is 0.416 e. The molecule has 0 bridgehead atoms. The van der Waals surface area contributed by atoms with Crippen LogP contribution in [0.25, 0.3) is 16.8 Å². The van der Waals surface area contributed by atoms with Gasteiger partial charge in [-0.15, -0.1) is 11.3 Å². The molecule has 3 rings (SSSR count). The zero-order valence-electron chi connectivity index (χ0n) is 15.9. The minimum atomic E-state index is -4.44. The molecule has 1 heterocycles. The Bertz CT molecular complexity index is 1120. The number of thiazole rings is 1. The van der Waals surface area contributed by atoms with Crippen molar-refractivity contribution in [3.63, 3.8) is 0 Å². The van der Waals surface area contributed by atoms with Crippen molar-refractivity contribution >= 4 is 22.6 Å². The summed E-state index contributed by atoms with van der Waals surface area (Å²) in [7, 11) is 3.07. The van der Waals surface area contributed by atoms with Gasteiger partial charge < -0.3 is 14.8 Å². The summed E-state index contributed by atoms with van der Waals surface area (Å²) in [6.07, 6.45) is -3.10. The molecule has 0 aliphatic rings. The highest BCUT2D eigenvalue weighted by Gasteiger charge is 2.30. The number of hydrogen-bond acceptors (Lipinski definition) is 6. The molecule has 1 N–H and O–H groups in total. The highest BCUT2D eigenvalue weighted by molar-refractivity contribution is 7.11. The first-order chi connectivity index (χ1) is 14.4. The number of anilines is 1. The molecule has 0 radical (unpaired) electrons. The van der Waals surface area contributed by atoms with Gasteiger partial charge in [0.25, 0.3) is 0 Å². The van der Waals surface area contributed by atoms with Gasteiger partial charge in [0, 0.05) is 22.8 Å². The van der Waals surface area contributed by atoms with E-state index in [0.717, 1.165) is 17.7 Å². The third-order valence-corrected chi connectivity index (χ3v) is 4.98. The van der Waals surface area contributed by atoms with Crippen LogP contribution in [0.5, 0.6) is 11.5 Å². The van der Waals surface area contributed by atoms with E-state index in [9.17, 15) is 18.4 Å². The van der Waals surface area contributed by atoms with Crippen molar-refractivity contribution in [1.29, 1.82) is 5.26 Å². The van der Waals surface area contributed by atoms with E-state index in [1.165, 1.54) is 36.8 Å². The molecule has 0 fully saturated rings. The highest BCUT2D eigenvalue weighted by Crippen LogP contribution is 2.34. The van der Waals surface area contributed by atoms with Crippen LogP contribution in [0.1, 0.15) is 10.6 Å². The molecule has 0 atom stereocenters. The van der Waals surface area contributed by atoms with Crippen LogP contribution >= 0.6 is 11.3 Å². The average Bonchev–Trinajstić information content (AvgIpc) is 3.23. The molecule has 0 spiro atoms. The Balaban J connectivity index is 1.84. The molecule has 3 aromatic rings. The maximum absolute atomic E-state index is 12.8. The van der Waals surface area contributed by atoms with E-state index in [2.05, 4.69) is 10.3 Å². The molecule has 154 valence electrons. The number of benzene rings is 2. The number of rotatable bonds is 6. The number of nitrogens with zero attached hydrogens (tertiary/aromatic N) is 2. The van der Waals surface area contributed by atoms with Crippen molar-refractivity contribution < 1.29 is 22.6 Å². The van der Waals surface area contributed by atoms with Gasteiger partial charge in [0.1, 0.15) is 16.6 Å². The van der Waals surface area contributed by atoms with Crippen LogP contribution < -0.4 is 14.8 Å². The van der Waals surface area contributed by atoms with E-state index in [1.807, 2.05) is 12.1 Å². The number of nitriles is 1. The van der Waals surface area contributed by atoms with Gasteiger partial charge in [0.05, 0.1) is 25.5 Å². The second kappa shape index (κ2) is 8.88. The van der Waals surface area contributed by atoms with Crippen molar-refractivity contribution in [3.8, 4) is 28.8 Å². The largest absolute Gasteiger partial charge is 0.493 e. The molecule has 0 aliphatic heterocycles. The summed E-state index contributed by atoms with van der Waals surface area (Å²) >= 11 is 1.25. The first kappa shape index (κ1) is 21.2. The summed E-state index contributed by atoms with van der Waals surface area (Å²) in [5.74, 6) is 1.13. The lowest BCUT2D eigenvalue weighted by atomic mass is 10.1. The number of ether oxygens (including phenoxy) is 2. The fraction of sp³-hybridized carbons (Fsp3) is 0.143. The molecule has 30 heavy (non-hydrogen) atoms. The molecular weight excluding hydrogens is 415 g/mol. The normalized spacial score (nSPS) is 11.7. The Morgan fingerprint density at radius 1 is 1.13 bits per heavy atom. The quantitative estimate of drug-likeness (QED) is 0.498. The van der Waals surface area contributed by atoms with Gasteiger partial charge >= 0.3 is 6.18 Å². The monoisotopic (exact) mass is 431 g/mol. The molecule has 0 saturated carbocycles. The van der Waals surface area contributed by atoms with Crippen molar-refractivity contribution in [3.05, 3.63) is 64.6 Å². The zero-order chi connectivity index (χ0) is 21.7. The van der Waals surface area contributed by atoms with Crippen LogP contribution in [-0.2, 0) is 6.18 Å².